The Bertz CT molecular complexity index is 4510. The van der Waals surface area contributed by atoms with E-state index in [1.165, 1.54) is 35.9 Å². The van der Waals surface area contributed by atoms with E-state index in [9.17, 15) is 38.0 Å². The van der Waals surface area contributed by atoms with Gasteiger partial charge in [-0.3, -0.25) is 0 Å². The van der Waals surface area contributed by atoms with Crippen molar-refractivity contribution in [1.29, 1.82) is 0 Å². The third-order valence-corrected chi connectivity index (χ3v) is 15.3. The van der Waals surface area contributed by atoms with Gasteiger partial charge in [0, 0.05) is 36.8 Å². The highest BCUT2D eigenvalue weighted by molar-refractivity contribution is 6.30. The predicted molar refractivity (Wildman–Crippen MR) is 386 cm³/mol. The second-order valence-corrected chi connectivity index (χ2v) is 23.9. The quantitative estimate of drug-likeness (QED) is 0.0240. The number of para-hydroxylation sites is 5. The third kappa shape index (κ3) is 22.4. The lowest BCUT2D eigenvalue weighted by molar-refractivity contribution is 0.303. The fourth-order valence-corrected chi connectivity index (χ4v) is 9.79. The maximum Gasteiger partial charge on any atom is 0.174 e. The average molecular weight is 1360 g/mol. The maximum atomic E-state index is 13.4. The molecule has 0 radical (unpaired) electrons. The summed E-state index contributed by atoms with van der Waals surface area (Å²) in [7, 11) is 0. The number of aromatic hydroxyl groups is 4. The minimum absolute atomic E-state index is 0.104. The Morgan fingerprint density at radius 3 is 1.07 bits per heavy atom. The van der Waals surface area contributed by atoms with Crippen molar-refractivity contribution in [3.63, 3.8) is 0 Å². The number of nitrogens with one attached hydrogen (secondary N) is 4. The Hall–Kier alpha value is -11.8. The predicted octanol–water partition coefficient (Wildman–Crippen LogP) is 21.3. The zero-order valence-electron chi connectivity index (χ0n) is 54.6. The molecule has 0 atom stereocenters. The first-order valence-corrected chi connectivity index (χ1v) is 32.0. The van der Waals surface area contributed by atoms with Crippen molar-refractivity contribution in [2.45, 2.75) is 65.6 Å². The van der Waals surface area contributed by atoms with Crippen molar-refractivity contribution < 1.29 is 56.9 Å². The molecule has 12 aromatic carbocycles. The molecule has 12 aromatic rings. The minimum atomic E-state index is -0.653. The van der Waals surface area contributed by atoms with Crippen molar-refractivity contribution in [3.05, 3.63) is 346 Å². The molecule has 0 heterocycles. The van der Waals surface area contributed by atoms with Gasteiger partial charge in [-0.2, -0.15) is 0 Å². The van der Waals surface area contributed by atoms with Gasteiger partial charge in [0.25, 0.3) is 0 Å². The molecule has 99 heavy (non-hydrogen) atoms. The molecular weight excluding hydrogens is 1280 g/mol. The van der Waals surface area contributed by atoms with Crippen LogP contribution in [-0.4, -0.2) is 20.4 Å². The van der Waals surface area contributed by atoms with Gasteiger partial charge in [0.2, 0.25) is 0 Å². The Kier molecular flexibility index (Phi) is 25.9. The maximum absolute atomic E-state index is 13.4. The molecule has 12 rings (SSSR count). The number of ether oxygens (including phenoxy) is 4. The molecule has 12 nitrogen and oxygen atoms in total. The molecule has 0 aliphatic rings. The van der Waals surface area contributed by atoms with E-state index in [0.717, 1.165) is 56.4 Å². The minimum Gasteiger partial charge on any atom is -0.503 e. The van der Waals surface area contributed by atoms with Crippen molar-refractivity contribution in [3.8, 4) is 57.5 Å². The smallest absolute Gasteiger partial charge is 0.174 e. The van der Waals surface area contributed by atoms with Crippen LogP contribution in [0.1, 0.15) is 59.7 Å². The van der Waals surface area contributed by atoms with Crippen LogP contribution < -0.4 is 40.2 Å². The van der Waals surface area contributed by atoms with E-state index < -0.39 is 23.3 Å². The molecular formula is C82H75ClF4N4O8. The Balaban J connectivity index is 0.000000154. The lowest BCUT2D eigenvalue weighted by Gasteiger charge is -2.19. The summed E-state index contributed by atoms with van der Waals surface area (Å²) in [5.74, 6) is 0.309. The Morgan fingerprint density at radius 1 is 0.323 bits per heavy atom. The normalized spacial score (nSPS) is 10.6. The molecule has 0 aromatic heterocycles. The number of hydrogen-bond acceptors (Lipinski definition) is 12. The first-order valence-electron chi connectivity index (χ1n) is 31.7. The van der Waals surface area contributed by atoms with Gasteiger partial charge in [0.15, 0.2) is 46.3 Å². The molecule has 0 amide bonds. The highest BCUT2D eigenvalue weighted by atomic mass is 35.5. The van der Waals surface area contributed by atoms with Gasteiger partial charge in [-0.1, -0.05) is 184 Å². The van der Waals surface area contributed by atoms with Gasteiger partial charge in [-0.05, 0) is 166 Å². The van der Waals surface area contributed by atoms with E-state index >= 15 is 0 Å². The summed E-state index contributed by atoms with van der Waals surface area (Å²) >= 11 is 5.85. The van der Waals surface area contributed by atoms with Crippen molar-refractivity contribution in [1.82, 2.24) is 0 Å². The van der Waals surface area contributed by atoms with E-state index in [1.54, 1.807) is 66.7 Å². The van der Waals surface area contributed by atoms with Gasteiger partial charge >= 0.3 is 0 Å². The third-order valence-electron chi connectivity index (χ3n) is 15.0. The number of benzene rings is 12. The molecule has 0 bridgehead atoms. The molecule has 0 aliphatic carbocycles. The van der Waals surface area contributed by atoms with Crippen LogP contribution in [0.2, 0.25) is 5.02 Å². The van der Waals surface area contributed by atoms with E-state index in [4.69, 9.17) is 30.5 Å². The van der Waals surface area contributed by atoms with Crippen LogP contribution in [0.3, 0.4) is 0 Å². The summed E-state index contributed by atoms with van der Waals surface area (Å²) < 4.78 is 76.8. The van der Waals surface area contributed by atoms with E-state index in [1.807, 2.05) is 170 Å². The summed E-state index contributed by atoms with van der Waals surface area (Å²) in [6, 6.07) is 83.1. The summed E-state index contributed by atoms with van der Waals surface area (Å²) in [5, 5.41) is 51.6. The molecule has 0 fully saturated rings. The zero-order valence-corrected chi connectivity index (χ0v) is 55.4. The second kappa shape index (κ2) is 35.8. The Morgan fingerprint density at radius 2 is 0.657 bits per heavy atom. The summed E-state index contributed by atoms with van der Waals surface area (Å²) in [6.45, 7) is 9.25. The molecule has 0 aliphatic heterocycles. The van der Waals surface area contributed by atoms with Crippen LogP contribution in [0.25, 0.3) is 0 Å². The van der Waals surface area contributed by atoms with Crippen molar-refractivity contribution in [2.75, 3.05) is 21.3 Å². The highest BCUT2D eigenvalue weighted by Gasteiger charge is 2.15. The van der Waals surface area contributed by atoms with Crippen LogP contribution in [0.15, 0.2) is 279 Å². The second-order valence-electron chi connectivity index (χ2n) is 23.5. The van der Waals surface area contributed by atoms with Gasteiger partial charge in [0.1, 0.15) is 47.7 Å². The number of halogens is 5. The van der Waals surface area contributed by atoms with E-state index in [0.29, 0.717) is 78.7 Å². The number of anilines is 4. The monoisotopic (exact) mass is 1350 g/mol. The van der Waals surface area contributed by atoms with Gasteiger partial charge in [-0.15, -0.1) is 0 Å². The van der Waals surface area contributed by atoms with E-state index in [2.05, 4.69) is 54.2 Å². The molecule has 0 spiro atoms. The molecule has 8 N–H and O–H groups in total. The van der Waals surface area contributed by atoms with Crippen molar-refractivity contribution in [2.24, 2.45) is 0 Å². The molecule has 0 unspecified atom stereocenters. The number of hydrogen-bond donors (Lipinski definition) is 8. The zero-order chi connectivity index (χ0) is 69.9. The first kappa shape index (κ1) is 71.5. The fourth-order valence-electron chi connectivity index (χ4n) is 9.66. The number of phenols is 4. The average Bonchev–Trinajstić information content (AvgIpc) is 1.46. The molecule has 0 saturated carbocycles. The number of rotatable bonds is 22. The molecule has 17 heteroatoms. The van der Waals surface area contributed by atoms with Crippen LogP contribution in [0.4, 0.5) is 40.3 Å². The van der Waals surface area contributed by atoms with Crippen LogP contribution in [0.5, 0.6) is 57.5 Å². The lowest BCUT2D eigenvalue weighted by Crippen LogP contribution is -2.10. The van der Waals surface area contributed by atoms with Gasteiger partial charge < -0.3 is 60.6 Å². The topological polar surface area (TPSA) is 166 Å². The Labute approximate surface area is 579 Å². The standard InChI is InChI=1S/C23H24FNO2.2C20H18FNO2.C19H15ClFNO2/c1-23(2,3)17-10-12-18(13-11-17)27-19-7-4-6-16(14-19)15-25-21-9-5-8-20(24)22(21)26;21-18-10-5-11-19(20(18)23)22-13-16-8-4-9-17(12-16)24-14-15-6-2-1-3-7-15;21-17-10-6-11-18(20(17)23)22-13-16-9-4-5-12-19(16)24-14-15-7-2-1-3-8-15;20-14-7-9-15(10-8-14)24-16-4-1-3-13(11-16)12-22-18-6-2-5-17(21)19(18)23/h4-14,25-26H,15H2,1-3H3;2*1-12,22-23H,13-14H2;1-11,22-23H,12H2. The summed E-state index contributed by atoms with van der Waals surface area (Å²) in [4.78, 5) is 0. The molecule has 506 valence electrons. The summed E-state index contributed by atoms with van der Waals surface area (Å²) in [6.07, 6.45) is 0. The lowest BCUT2D eigenvalue weighted by atomic mass is 9.87. The largest absolute Gasteiger partial charge is 0.503 e. The fraction of sp³-hybridized carbons (Fsp3) is 0.122. The van der Waals surface area contributed by atoms with Gasteiger partial charge in [-0.25, -0.2) is 17.6 Å². The van der Waals surface area contributed by atoms with Crippen LogP contribution in [-0.2, 0) is 44.8 Å². The SMILES string of the molecule is CC(C)(C)c1ccc(Oc2cccc(CNc3cccc(F)c3O)c2)cc1.Oc1c(F)cccc1NCc1cccc(OCc2ccccc2)c1.Oc1c(F)cccc1NCc1cccc(Oc2ccc(Cl)cc2)c1.Oc1c(F)cccc1NCc1ccccc1OCc1ccccc1. The van der Waals surface area contributed by atoms with Gasteiger partial charge in [0.05, 0.1) is 22.7 Å². The first-order chi connectivity index (χ1) is 47.9. The van der Waals surface area contributed by atoms with Crippen molar-refractivity contribution >= 4 is 34.4 Å². The number of phenolic OH excluding ortho intramolecular Hbond substituents is 4. The summed E-state index contributed by atoms with van der Waals surface area (Å²) in [5.41, 5.74) is 8.77. The highest BCUT2D eigenvalue weighted by Crippen LogP contribution is 2.33. The van der Waals surface area contributed by atoms with E-state index in [-0.39, 0.29) is 28.4 Å². The van der Waals surface area contributed by atoms with Crippen LogP contribution in [0, 0.1) is 23.3 Å². The van der Waals surface area contributed by atoms with Crippen LogP contribution >= 0.6 is 11.6 Å². The molecule has 0 saturated heterocycles.